The molecule has 0 unspecified atom stereocenters. The van der Waals surface area contributed by atoms with E-state index in [-0.39, 0.29) is 17.7 Å². The van der Waals surface area contributed by atoms with Crippen LogP contribution < -0.4 is 5.32 Å². The van der Waals surface area contributed by atoms with Crippen LogP contribution in [0.1, 0.15) is 45.6 Å². The third-order valence-electron chi connectivity index (χ3n) is 5.18. The summed E-state index contributed by atoms with van der Waals surface area (Å²) in [5.74, 6) is 0.0904. The van der Waals surface area contributed by atoms with Crippen LogP contribution >= 0.6 is 0 Å². The van der Waals surface area contributed by atoms with Crippen LogP contribution in [0.2, 0.25) is 0 Å². The van der Waals surface area contributed by atoms with Gasteiger partial charge in [-0.05, 0) is 42.9 Å². The molecule has 0 spiro atoms. The first kappa shape index (κ1) is 19.1. The van der Waals surface area contributed by atoms with Gasteiger partial charge < -0.3 is 10.2 Å². The number of carbonyl (C=O) groups is 3. The van der Waals surface area contributed by atoms with Crippen molar-refractivity contribution in [1.82, 2.24) is 9.80 Å². The first-order chi connectivity index (χ1) is 12.9. The lowest BCUT2D eigenvalue weighted by atomic mass is 9.97. The maximum atomic E-state index is 13.0. The van der Waals surface area contributed by atoms with Crippen molar-refractivity contribution in [3.63, 3.8) is 0 Å². The summed E-state index contributed by atoms with van der Waals surface area (Å²) in [5, 5.41) is 2.72. The number of benzene rings is 1. The Morgan fingerprint density at radius 1 is 1.11 bits per heavy atom. The van der Waals surface area contributed by atoms with Crippen LogP contribution in [0.5, 0.6) is 0 Å². The molecule has 0 aliphatic carbocycles. The molecule has 3 amide bonds. The minimum atomic E-state index is -0.220. The van der Waals surface area contributed by atoms with Crippen molar-refractivity contribution in [2.45, 2.75) is 40.0 Å². The highest BCUT2D eigenvalue weighted by atomic mass is 16.2. The molecule has 0 radical (unpaired) electrons. The first-order valence-corrected chi connectivity index (χ1v) is 9.65. The molecule has 1 saturated heterocycles. The standard InChI is InChI=1S/C21H27N3O3/c1-4-11-24-20(26)18(16-5-7-17(8-6-16)22-15(3)25)19(21(24)27)23-12-9-14(2)10-13-23/h5-8,14H,4,9-13H2,1-3H3,(H,22,25). The number of piperidine rings is 1. The largest absolute Gasteiger partial charge is 0.366 e. The Hall–Kier alpha value is -2.63. The molecule has 1 aromatic carbocycles. The van der Waals surface area contributed by atoms with Crippen molar-refractivity contribution in [2.24, 2.45) is 5.92 Å². The number of nitrogens with zero attached hydrogens (tertiary/aromatic N) is 2. The van der Waals surface area contributed by atoms with Crippen LogP contribution in [0, 0.1) is 5.92 Å². The quantitative estimate of drug-likeness (QED) is 0.811. The molecule has 6 nitrogen and oxygen atoms in total. The maximum absolute atomic E-state index is 13.0. The van der Waals surface area contributed by atoms with Gasteiger partial charge in [-0.3, -0.25) is 19.3 Å². The van der Waals surface area contributed by atoms with Crippen LogP contribution in [-0.4, -0.2) is 47.2 Å². The number of amides is 3. The van der Waals surface area contributed by atoms with Crippen LogP contribution in [0.3, 0.4) is 0 Å². The van der Waals surface area contributed by atoms with Crippen LogP contribution in [0.15, 0.2) is 30.0 Å². The number of nitrogens with one attached hydrogen (secondary N) is 1. The van der Waals surface area contributed by atoms with Gasteiger partial charge in [-0.25, -0.2) is 0 Å². The summed E-state index contributed by atoms with van der Waals surface area (Å²) in [4.78, 5) is 40.7. The van der Waals surface area contributed by atoms with Gasteiger partial charge in [0.15, 0.2) is 0 Å². The molecular formula is C21H27N3O3. The molecule has 0 bridgehead atoms. The molecule has 27 heavy (non-hydrogen) atoms. The molecule has 0 atom stereocenters. The Morgan fingerprint density at radius 3 is 2.30 bits per heavy atom. The van der Waals surface area contributed by atoms with E-state index in [0.717, 1.165) is 37.9 Å². The van der Waals surface area contributed by atoms with Gasteiger partial charge in [-0.2, -0.15) is 0 Å². The number of hydrogen-bond donors (Lipinski definition) is 1. The fourth-order valence-corrected chi connectivity index (χ4v) is 3.70. The summed E-state index contributed by atoms with van der Waals surface area (Å²) in [7, 11) is 0. The minimum Gasteiger partial charge on any atom is -0.366 e. The van der Waals surface area contributed by atoms with E-state index in [4.69, 9.17) is 0 Å². The van der Waals surface area contributed by atoms with Gasteiger partial charge in [0.25, 0.3) is 11.8 Å². The van der Waals surface area contributed by atoms with Crippen molar-refractivity contribution in [3.05, 3.63) is 35.5 Å². The van der Waals surface area contributed by atoms with Crippen LogP contribution in [-0.2, 0) is 14.4 Å². The molecule has 2 aliphatic heterocycles. The molecule has 2 heterocycles. The lowest BCUT2D eigenvalue weighted by Crippen LogP contribution is -2.38. The summed E-state index contributed by atoms with van der Waals surface area (Å²) in [5.41, 5.74) is 2.40. The summed E-state index contributed by atoms with van der Waals surface area (Å²) >= 11 is 0. The second-order valence-corrected chi connectivity index (χ2v) is 7.41. The second-order valence-electron chi connectivity index (χ2n) is 7.41. The number of hydrogen-bond acceptors (Lipinski definition) is 4. The van der Waals surface area contributed by atoms with E-state index >= 15 is 0 Å². The molecule has 1 N–H and O–H groups in total. The van der Waals surface area contributed by atoms with E-state index in [0.29, 0.717) is 29.4 Å². The number of imide groups is 1. The van der Waals surface area contributed by atoms with Gasteiger partial charge in [0, 0.05) is 32.2 Å². The van der Waals surface area contributed by atoms with E-state index in [1.165, 1.54) is 11.8 Å². The third-order valence-corrected chi connectivity index (χ3v) is 5.18. The van der Waals surface area contributed by atoms with Crippen LogP contribution in [0.25, 0.3) is 5.57 Å². The van der Waals surface area contributed by atoms with E-state index in [9.17, 15) is 14.4 Å². The fraction of sp³-hybridized carbons (Fsp3) is 0.476. The highest BCUT2D eigenvalue weighted by molar-refractivity contribution is 6.35. The Morgan fingerprint density at radius 2 is 1.74 bits per heavy atom. The predicted octanol–water partition coefficient (Wildman–Crippen LogP) is 2.87. The van der Waals surface area contributed by atoms with Gasteiger partial charge in [-0.15, -0.1) is 0 Å². The number of anilines is 1. The van der Waals surface area contributed by atoms with Gasteiger partial charge in [0.05, 0.1) is 5.57 Å². The molecule has 3 rings (SSSR count). The SMILES string of the molecule is CCCN1C(=O)C(c2ccc(NC(C)=O)cc2)=C(N2CCC(C)CC2)C1=O. The molecule has 144 valence electrons. The third kappa shape index (κ3) is 3.89. The average Bonchev–Trinajstić information content (AvgIpc) is 2.88. The van der Waals surface area contributed by atoms with Gasteiger partial charge >= 0.3 is 0 Å². The summed E-state index contributed by atoms with van der Waals surface area (Å²) in [6.07, 6.45) is 2.78. The second kappa shape index (κ2) is 7.94. The van der Waals surface area contributed by atoms with E-state index in [1.807, 2.05) is 6.92 Å². The Balaban J connectivity index is 1.98. The summed E-state index contributed by atoms with van der Waals surface area (Å²) in [6, 6.07) is 7.13. The lowest BCUT2D eigenvalue weighted by molar-refractivity contribution is -0.137. The van der Waals surface area contributed by atoms with Gasteiger partial charge in [0.1, 0.15) is 5.70 Å². The van der Waals surface area contributed by atoms with Gasteiger partial charge in [-0.1, -0.05) is 26.0 Å². The van der Waals surface area contributed by atoms with E-state index in [1.54, 1.807) is 24.3 Å². The molecule has 1 fully saturated rings. The zero-order valence-corrected chi connectivity index (χ0v) is 16.2. The highest BCUT2D eigenvalue weighted by Crippen LogP contribution is 2.34. The Kier molecular flexibility index (Phi) is 5.63. The van der Waals surface area contributed by atoms with Crippen molar-refractivity contribution in [2.75, 3.05) is 25.0 Å². The monoisotopic (exact) mass is 369 g/mol. The zero-order chi connectivity index (χ0) is 19.6. The Labute approximate surface area is 160 Å². The molecular weight excluding hydrogens is 342 g/mol. The molecule has 0 aromatic heterocycles. The summed E-state index contributed by atoms with van der Waals surface area (Å²) < 4.78 is 0. The molecule has 1 aromatic rings. The van der Waals surface area contributed by atoms with Crippen molar-refractivity contribution < 1.29 is 14.4 Å². The number of rotatable bonds is 5. The summed E-state index contributed by atoms with van der Waals surface area (Å²) in [6.45, 7) is 7.65. The predicted molar refractivity (Wildman–Crippen MR) is 105 cm³/mol. The molecule has 2 aliphatic rings. The lowest BCUT2D eigenvalue weighted by Gasteiger charge is -2.32. The van der Waals surface area contributed by atoms with E-state index < -0.39 is 0 Å². The highest BCUT2D eigenvalue weighted by Gasteiger charge is 2.41. The van der Waals surface area contributed by atoms with Crippen LogP contribution in [0.4, 0.5) is 5.69 Å². The normalized spacial score (nSPS) is 18.5. The fourth-order valence-electron chi connectivity index (χ4n) is 3.70. The van der Waals surface area contributed by atoms with Crippen molar-refractivity contribution >= 4 is 29.0 Å². The van der Waals surface area contributed by atoms with Gasteiger partial charge in [0.2, 0.25) is 5.91 Å². The maximum Gasteiger partial charge on any atom is 0.277 e. The number of likely N-dealkylation sites (tertiary alicyclic amines) is 1. The van der Waals surface area contributed by atoms with Crippen molar-refractivity contribution in [1.29, 1.82) is 0 Å². The molecule has 6 heteroatoms. The topological polar surface area (TPSA) is 69.7 Å². The molecule has 0 saturated carbocycles. The Bertz CT molecular complexity index is 774. The average molecular weight is 369 g/mol. The first-order valence-electron chi connectivity index (χ1n) is 9.65. The number of carbonyl (C=O) groups excluding carboxylic acids is 3. The zero-order valence-electron chi connectivity index (χ0n) is 16.2. The van der Waals surface area contributed by atoms with E-state index in [2.05, 4.69) is 17.1 Å². The smallest absolute Gasteiger partial charge is 0.277 e. The van der Waals surface area contributed by atoms with Crippen molar-refractivity contribution in [3.8, 4) is 0 Å². The minimum absolute atomic E-state index is 0.147.